The second-order valence-electron chi connectivity index (χ2n) is 15.5. The molecular formula is C42H64N6Si. The van der Waals surface area contributed by atoms with Crippen molar-refractivity contribution >= 4 is 57.8 Å². The molecule has 1 aliphatic rings. The summed E-state index contributed by atoms with van der Waals surface area (Å²) in [5, 5.41) is 6.05. The summed E-state index contributed by atoms with van der Waals surface area (Å²) in [6.45, 7) is 16.8. The summed E-state index contributed by atoms with van der Waals surface area (Å²) < 4.78 is 0. The number of allylic oxidation sites excluding steroid dienone is 4. The van der Waals surface area contributed by atoms with Crippen molar-refractivity contribution in [2.24, 2.45) is 5.92 Å². The first-order chi connectivity index (χ1) is 22.7. The molecule has 266 valence electrons. The minimum atomic E-state index is -3.26. The maximum atomic E-state index is 2.48. The van der Waals surface area contributed by atoms with Gasteiger partial charge in [0.25, 0.3) is 0 Å². The van der Waals surface area contributed by atoms with E-state index < -0.39 is 8.07 Å². The van der Waals surface area contributed by atoms with E-state index in [2.05, 4.69) is 199 Å². The highest BCUT2D eigenvalue weighted by Crippen LogP contribution is 2.46. The van der Waals surface area contributed by atoms with E-state index in [4.69, 9.17) is 0 Å². The van der Waals surface area contributed by atoms with E-state index in [0.29, 0.717) is 0 Å². The molecule has 3 aromatic rings. The minimum absolute atomic E-state index is 0.277. The third kappa shape index (κ3) is 5.92. The molecule has 0 amide bonds. The predicted molar refractivity (Wildman–Crippen MR) is 224 cm³/mol. The molecule has 0 aromatic heterocycles. The van der Waals surface area contributed by atoms with Gasteiger partial charge in [0.1, 0.15) is 0 Å². The second-order valence-corrected chi connectivity index (χ2v) is 19.0. The Morgan fingerprint density at radius 2 is 0.633 bits per heavy atom. The molecule has 3 aromatic carbocycles. The van der Waals surface area contributed by atoms with E-state index in [1.807, 2.05) is 0 Å². The van der Waals surface area contributed by atoms with Crippen LogP contribution >= 0.6 is 0 Å². The van der Waals surface area contributed by atoms with Crippen LogP contribution in [-0.2, 0) is 0 Å². The Labute approximate surface area is 300 Å². The van der Waals surface area contributed by atoms with Crippen LogP contribution < -0.4 is 45.0 Å². The lowest BCUT2D eigenvalue weighted by molar-refractivity contribution is 0.851. The maximum Gasteiger partial charge on any atom is 0.184 e. The molecule has 1 unspecified atom stereocenters. The summed E-state index contributed by atoms with van der Waals surface area (Å²) in [6, 6.07) is 14.2. The van der Waals surface area contributed by atoms with Gasteiger partial charge in [-0.05, 0) is 122 Å². The molecular weight excluding hydrogens is 617 g/mol. The molecule has 1 atom stereocenters. The topological polar surface area (TPSA) is 19.4 Å². The summed E-state index contributed by atoms with van der Waals surface area (Å²) in [5.41, 5.74) is 16.1. The third-order valence-electron chi connectivity index (χ3n) is 11.3. The van der Waals surface area contributed by atoms with Crippen molar-refractivity contribution in [1.29, 1.82) is 0 Å². The van der Waals surface area contributed by atoms with Gasteiger partial charge < -0.3 is 29.4 Å². The minimum Gasteiger partial charge on any atom is -0.378 e. The first kappa shape index (κ1) is 38.0. The number of rotatable bonds is 10. The zero-order chi connectivity index (χ0) is 37.0. The summed E-state index contributed by atoms with van der Waals surface area (Å²) in [6.07, 6.45) is 0. The van der Waals surface area contributed by atoms with Crippen LogP contribution in [0.15, 0.2) is 58.3 Å². The molecule has 0 saturated heterocycles. The van der Waals surface area contributed by atoms with Crippen LogP contribution in [0, 0.1) is 26.7 Å². The average molecular weight is 681 g/mol. The van der Waals surface area contributed by atoms with Gasteiger partial charge in [-0.2, -0.15) is 0 Å². The lowest BCUT2D eigenvalue weighted by atomic mass is 10.1. The average Bonchev–Trinajstić information content (AvgIpc) is 3.20. The van der Waals surface area contributed by atoms with Crippen LogP contribution in [0.4, 0.5) is 34.1 Å². The largest absolute Gasteiger partial charge is 0.378 e. The lowest BCUT2D eigenvalue weighted by Gasteiger charge is -2.47. The van der Waals surface area contributed by atoms with Crippen molar-refractivity contribution in [2.75, 3.05) is 114 Å². The van der Waals surface area contributed by atoms with Crippen LogP contribution in [0.25, 0.3) is 0 Å². The molecule has 1 aliphatic carbocycles. The Kier molecular flexibility index (Phi) is 10.7. The molecule has 49 heavy (non-hydrogen) atoms. The van der Waals surface area contributed by atoms with Crippen molar-refractivity contribution in [1.82, 2.24) is 0 Å². The molecule has 0 heterocycles. The Morgan fingerprint density at radius 3 is 0.837 bits per heavy atom. The normalized spacial score (nSPS) is 14.9. The van der Waals surface area contributed by atoms with Gasteiger partial charge >= 0.3 is 0 Å². The standard InChI is InChI=1S/C42H64N6Si/c1-26-27(2)29(4)39(28(26)3)49(40-30(5)33(43(8)9)20-23-36(40)46(14)15,41-31(6)34(44(10)11)21-24-37(41)47(16)17)42-32(7)35(45(12)13)22-25-38(42)48(18)19/h20-25,28H,1-19H3. The molecule has 0 N–H and O–H groups in total. The van der Waals surface area contributed by atoms with Crippen LogP contribution in [0.5, 0.6) is 0 Å². The SMILES string of the molecule is CC1=C(C)C(C)C([Si](c2c(N(C)C)ccc(N(C)C)c2C)(c2c(N(C)C)ccc(N(C)C)c2C)c2c(N(C)C)ccc(N(C)C)c2C)=C1C. The van der Waals surface area contributed by atoms with Crippen LogP contribution in [0.2, 0.25) is 0 Å². The zero-order valence-electron chi connectivity index (χ0n) is 34.2. The molecule has 0 saturated carbocycles. The van der Waals surface area contributed by atoms with Gasteiger partial charge in [0.2, 0.25) is 0 Å². The van der Waals surface area contributed by atoms with E-state index >= 15 is 0 Å². The Morgan fingerprint density at radius 1 is 0.388 bits per heavy atom. The molecule has 0 spiro atoms. The highest BCUT2D eigenvalue weighted by atomic mass is 28.3. The third-order valence-corrected chi connectivity index (χ3v) is 17.1. The predicted octanol–water partition coefficient (Wildman–Crippen LogP) is 6.32. The van der Waals surface area contributed by atoms with Gasteiger partial charge in [0, 0.05) is 119 Å². The molecule has 7 heteroatoms. The Bertz CT molecular complexity index is 1640. The monoisotopic (exact) mass is 680 g/mol. The summed E-state index contributed by atoms with van der Waals surface area (Å²) >= 11 is 0. The van der Waals surface area contributed by atoms with E-state index in [9.17, 15) is 0 Å². The molecule has 0 bridgehead atoms. The van der Waals surface area contributed by atoms with Gasteiger partial charge in [-0.15, -0.1) is 0 Å². The number of benzene rings is 3. The molecule has 0 fully saturated rings. The zero-order valence-corrected chi connectivity index (χ0v) is 35.2. The summed E-state index contributed by atoms with van der Waals surface area (Å²) in [4.78, 5) is 14.0. The first-order valence-electron chi connectivity index (χ1n) is 17.6. The van der Waals surface area contributed by atoms with E-state index in [1.54, 1.807) is 5.20 Å². The van der Waals surface area contributed by atoms with Crippen molar-refractivity contribution in [3.8, 4) is 0 Å². The van der Waals surface area contributed by atoms with Crippen molar-refractivity contribution < 1.29 is 0 Å². The van der Waals surface area contributed by atoms with Crippen LogP contribution in [0.1, 0.15) is 44.4 Å². The van der Waals surface area contributed by atoms with Gasteiger partial charge in [0.15, 0.2) is 8.07 Å². The Hall–Kier alpha value is -3.84. The first-order valence-corrected chi connectivity index (χ1v) is 19.6. The summed E-state index contributed by atoms with van der Waals surface area (Å²) in [7, 11) is 23.3. The van der Waals surface area contributed by atoms with Crippen molar-refractivity contribution in [3.63, 3.8) is 0 Å². The van der Waals surface area contributed by atoms with Crippen molar-refractivity contribution in [2.45, 2.75) is 48.5 Å². The molecule has 0 aliphatic heterocycles. The van der Waals surface area contributed by atoms with E-state index in [1.165, 1.54) is 83.1 Å². The second kappa shape index (κ2) is 13.8. The highest BCUT2D eigenvalue weighted by molar-refractivity contribution is 7.19. The van der Waals surface area contributed by atoms with Gasteiger partial charge in [-0.1, -0.05) is 23.3 Å². The Balaban J connectivity index is 2.65. The molecule has 0 radical (unpaired) electrons. The fourth-order valence-corrected chi connectivity index (χ4v) is 16.1. The van der Waals surface area contributed by atoms with Gasteiger partial charge in [0.05, 0.1) is 0 Å². The highest BCUT2D eigenvalue weighted by Gasteiger charge is 2.55. The number of anilines is 6. The van der Waals surface area contributed by atoms with Gasteiger partial charge in [-0.25, -0.2) is 0 Å². The summed E-state index contributed by atoms with van der Waals surface area (Å²) in [5.74, 6) is 0.277. The number of hydrogen-bond acceptors (Lipinski definition) is 6. The number of hydrogen-bond donors (Lipinski definition) is 0. The molecule has 6 nitrogen and oxygen atoms in total. The molecule has 4 rings (SSSR count). The lowest BCUT2D eigenvalue weighted by Crippen LogP contribution is -2.73. The van der Waals surface area contributed by atoms with Gasteiger partial charge in [-0.3, -0.25) is 0 Å². The van der Waals surface area contributed by atoms with Crippen LogP contribution in [0.3, 0.4) is 0 Å². The number of nitrogens with zero attached hydrogens (tertiary/aromatic N) is 6. The fraction of sp³-hybridized carbons (Fsp3) is 0.476. The quantitative estimate of drug-likeness (QED) is 0.183. The van der Waals surface area contributed by atoms with Crippen molar-refractivity contribution in [3.05, 3.63) is 75.0 Å². The maximum absolute atomic E-state index is 3.26. The fourth-order valence-electron chi connectivity index (χ4n) is 8.80. The smallest absolute Gasteiger partial charge is 0.184 e. The van der Waals surface area contributed by atoms with Crippen LogP contribution in [-0.4, -0.2) is 92.6 Å². The van der Waals surface area contributed by atoms with E-state index in [-0.39, 0.29) is 5.92 Å². The van der Waals surface area contributed by atoms with E-state index in [0.717, 1.165) is 0 Å².